The van der Waals surface area contributed by atoms with Crippen molar-refractivity contribution in [1.82, 2.24) is 0 Å². The maximum absolute atomic E-state index is 5.69. The zero-order chi connectivity index (χ0) is 9.38. The van der Waals surface area contributed by atoms with Crippen LogP contribution in [-0.4, -0.2) is 19.2 Å². The van der Waals surface area contributed by atoms with Gasteiger partial charge in [0.05, 0.1) is 19.3 Å². The third-order valence-corrected chi connectivity index (χ3v) is 3.25. The van der Waals surface area contributed by atoms with Gasteiger partial charge in [-0.15, -0.1) is 0 Å². The summed E-state index contributed by atoms with van der Waals surface area (Å²) in [5, 5.41) is 0. The molecule has 0 aliphatic carbocycles. The summed E-state index contributed by atoms with van der Waals surface area (Å²) < 4.78 is 5.69. The first-order chi connectivity index (χ1) is 6.95. The number of hydrogen-bond acceptors (Lipinski definition) is 2. The van der Waals surface area contributed by atoms with Gasteiger partial charge in [-0.05, 0) is 18.9 Å². The fourth-order valence-corrected chi connectivity index (χ4v) is 2.54. The molecule has 1 fully saturated rings. The maximum Gasteiger partial charge on any atom is 0.0738 e. The van der Waals surface area contributed by atoms with E-state index in [9.17, 15) is 0 Å². The molecule has 1 aromatic rings. The number of rotatable bonds is 0. The fraction of sp³-hybridized carbons (Fsp3) is 0.500. The van der Waals surface area contributed by atoms with Crippen LogP contribution in [0.5, 0.6) is 0 Å². The summed E-state index contributed by atoms with van der Waals surface area (Å²) in [5.41, 5.74) is 2.74. The average molecular weight is 189 g/mol. The van der Waals surface area contributed by atoms with E-state index in [0.717, 1.165) is 13.2 Å². The van der Waals surface area contributed by atoms with Gasteiger partial charge in [-0.25, -0.2) is 0 Å². The van der Waals surface area contributed by atoms with Crippen LogP contribution in [0.3, 0.4) is 0 Å². The molecule has 3 rings (SSSR count). The molecule has 0 radical (unpaired) electrons. The lowest BCUT2D eigenvalue weighted by atomic mass is 10.1. The number of benzene rings is 1. The van der Waals surface area contributed by atoms with Crippen molar-refractivity contribution in [3.8, 4) is 0 Å². The highest BCUT2D eigenvalue weighted by Crippen LogP contribution is 2.31. The van der Waals surface area contributed by atoms with Gasteiger partial charge in [-0.1, -0.05) is 18.2 Å². The maximum atomic E-state index is 5.69. The molecule has 0 N–H and O–H groups in total. The molecule has 0 spiro atoms. The Morgan fingerprint density at radius 1 is 1.29 bits per heavy atom. The van der Waals surface area contributed by atoms with E-state index < -0.39 is 0 Å². The second kappa shape index (κ2) is 3.28. The highest BCUT2D eigenvalue weighted by Gasteiger charge is 2.28. The van der Waals surface area contributed by atoms with Crippen LogP contribution in [0, 0.1) is 0 Å². The van der Waals surface area contributed by atoms with Gasteiger partial charge in [0.15, 0.2) is 0 Å². The van der Waals surface area contributed by atoms with Crippen LogP contribution in [0.1, 0.15) is 18.4 Å². The molecule has 2 aliphatic rings. The third-order valence-electron chi connectivity index (χ3n) is 3.25. The molecule has 0 unspecified atom stereocenters. The number of nitrogens with zero attached hydrogens (tertiary/aromatic N) is 1. The summed E-state index contributed by atoms with van der Waals surface area (Å²) >= 11 is 0. The summed E-state index contributed by atoms with van der Waals surface area (Å²) in [6, 6.07) is 9.25. The smallest absolute Gasteiger partial charge is 0.0738 e. The Bertz CT molecular complexity index is 337. The summed E-state index contributed by atoms with van der Waals surface area (Å²) in [6.07, 6.45) is 2.59. The van der Waals surface area contributed by atoms with Gasteiger partial charge in [0.2, 0.25) is 0 Å². The molecule has 1 aromatic carbocycles. The number of ether oxygens (including phenoxy) is 1. The Balaban J connectivity index is 2.04. The van der Waals surface area contributed by atoms with Crippen molar-refractivity contribution < 1.29 is 4.74 Å². The Hall–Kier alpha value is -1.02. The van der Waals surface area contributed by atoms with Crippen LogP contribution >= 0.6 is 0 Å². The Kier molecular flexibility index (Phi) is 1.95. The summed E-state index contributed by atoms with van der Waals surface area (Å²) in [7, 11) is 0. The topological polar surface area (TPSA) is 12.5 Å². The first-order valence-corrected chi connectivity index (χ1v) is 5.37. The van der Waals surface area contributed by atoms with E-state index in [1.54, 1.807) is 0 Å². The molecule has 14 heavy (non-hydrogen) atoms. The summed E-state index contributed by atoms with van der Waals surface area (Å²) in [5.74, 6) is 0. The molecular weight excluding hydrogens is 174 g/mol. The second-order valence-electron chi connectivity index (χ2n) is 4.13. The van der Waals surface area contributed by atoms with Gasteiger partial charge in [0, 0.05) is 17.8 Å². The highest BCUT2D eigenvalue weighted by atomic mass is 16.5. The van der Waals surface area contributed by atoms with Crippen LogP contribution in [0.4, 0.5) is 5.69 Å². The average Bonchev–Trinajstić information content (AvgIpc) is 2.61. The zero-order valence-corrected chi connectivity index (χ0v) is 8.28. The number of para-hydroxylation sites is 1. The SMILES string of the molecule is c1ccc2c(c1)COC[C@@H]1CCCN21. The van der Waals surface area contributed by atoms with Crippen molar-refractivity contribution in [2.24, 2.45) is 0 Å². The minimum absolute atomic E-state index is 0.624. The first kappa shape index (κ1) is 8.30. The number of anilines is 1. The molecule has 2 nitrogen and oxygen atoms in total. The molecule has 2 heteroatoms. The van der Waals surface area contributed by atoms with E-state index in [0.29, 0.717) is 6.04 Å². The summed E-state index contributed by atoms with van der Waals surface area (Å²) in [4.78, 5) is 2.52. The van der Waals surface area contributed by atoms with Gasteiger partial charge >= 0.3 is 0 Å². The monoisotopic (exact) mass is 189 g/mol. The van der Waals surface area contributed by atoms with Gasteiger partial charge < -0.3 is 9.64 Å². The Labute approximate surface area is 84.5 Å². The van der Waals surface area contributed by atoms with Crippen LogP contribution in [0.25, 0.3) is 0 Å². The normalized spacial score (nSPS) is 25.4. The minimum Gasteiger partial charge on any atom is -0.375 e. The van der Waals surface area contributed by atoms with Crippen molar-refractivity contribution in [3.05, 3.63) is 29.8 Å². The van der Waals surface area contributed by atoms with Crippen LogP contribution in [0.15, 0.2) is 24.3 Å². The third kappa shape index (κ3) is 1.22. The summed E-state index contributed by atoms with van der Waals surface area (Å²) in [6.45, 7) is 2.88. The predicted molar refractivity (Wildman–Crippen MR) is 56.5 cm³/mol. The standard InChI is InChI=1S/C12H15NO/c1-2-6-12-10(4-1)8-14-9-11-5-3-7-13(11)12/h1-2,4,6,11H,3,5,7-9H2/t11-/m0/s1. The fourth-order valence-electron chi connectivity index (χ4n) is 2.54. The number of hydrogen-bond donors (Lipinski definition) is 0. The lowest BCUT2D eigenvalue weighted by molar-refractivity contribution is 0.114. The highest BCUT2D eigenvalue weighted by molar-refractivity contribution is 5.55. The molecule has 74 valence electrons. The Morgan fingerprint density at radius 3 is 3.21 bits per heavy atom. The van der Waals surface area contributed by atoms with Crippen molar-refractivity contribution in [1.29, 1.82) is 0 Å². The van der Waals surface area contributed by atoms with Crippen molar-refractivity contribution in [2.45, 2.75) is 25.5 Å². The quantitative estimate of drug-likeness (QED) is 0.620. The Morgan fingerprint density at radius 2 is 2.21 bits per heavy atom. The first-order valence-electron chi connectivity index (χ1n) is 5.37. The van der Waals surface area contributed by atoms with E-state index in [-0.39, 0.29) is 0 Å². The molecule has 0 amide bonds. The minimum atomic E-state index is 0.624. The van der Waals surface area contributed by atoms with Crippen LogP contribution in [0.2, 0.25) is 0 Å². The van der Waals surface area contributed by atoms with Crippen LogP contribution < -0.4 is 4.90 Å². The molecule has 1 atom stereocenters. The molecule has 0 saturated carbocycles. The van der Waals surface area contributed by atoms with E-state index in [2.05, 4.69) is 29.2 Å². The van der Waals surface area contributed by atoms with Crippen molar-refractivity contribution >= 4 is 5.69 Å². The van der Waals surface area contributed by atoms with Gasteiger partial charge in [-0.2, -0.15) is 0 Å². The van der Waals surface area contributed by atoms with Gasteiger partial charge in [0.1, 0.15) is 0 Å². The lowest BCUT2D eigenvalue weighted by Gasteiger charge is -2.24. The van der Waals surface area contributed by atoms with Crippen molar-refractivity contribution in [3.63, 3.8) is 0 Å². The molecule has 2 heterocycles. The van der Waals surface area contributed by atoms with E-state index in [1.165, 1.54) is 30.6 Å². The zero-order valence-electron chi connectivity index (χ0n) is 8.28. The molecule has 0 aromatic heterocycles. The van der Waals surface area contributed by atoms with Gasteiger partial charge in [0.25, 0.3) is 0 Å². The van der Waals surface area contributed by atoms with E-state index in [4.69, 9.17) is 4.74 Å². The predicted octanol–water partition coefficient (Wildman–Crippen LogP) is 2.19. The lowest BCUT2D eigenvalue weighted by Crippen LogP contribution is -2.31. The molecule has 1 saturated heterocycles. The van der Waals surface area contributed by atoms with E-state index >= 15 is 0 Å². The molecular formula is C12H15NO. The number of fused-ring (bicyclic) bond motifs is 3. The van der Waals surface area contributed by atoms with E-state index in [1.807, 2.05) is 0 Å². The van der Waals surface area contributed by atoms with Crippen molar-refractivity contribution in [2.75, 3.05) is 18.1 Å². The second-order valence-corrected chi connectivity index (χ2v) is 4.13. The van der Waals surface area contributed by atoms with Crippen LogP contribution in [-0.2, 0) is 11.3 Å². The molecule has 2 aliphatic heterocycles. The molecule has 0 bridgehead atoms. The van der Waals surface area contributed by atoms with Gasteiger partial charge in [-0.3, -0.25) is 0 Å². The largest absolute Gasteiger partial charge is 0.375 e.